The van der Waals surface area contributed by atoms with Crippen molar-refractivity contribution in [2.24, 2.45) is 0 Å². The van der Waals surface area contributed by atoms with Gasteiger partial charge in [-0.2, -0.15) is 0 Å². The van der Waals surface area contributed by atoms with Crippen LogP contribution in [0.2, 0.25) is 0 Å². The molecule has 0 aliphatic carbocycles. The highest BCUT2D eigenvalue weighted by Crippen LogP contribution is 2.47. The van der Waals surface area contributed by atoms with E-state index in [-0.39, 0.29) is 0 Å². The number of hydrogen-bond acceptors (Lipinski definition) is 2. The summed E-state index contributed by atoms with van der Waals surface area (Å²) in [7, 11) is 0. The summed E-state index contributed by atoms with van der Waals surface area (Å²) in [6.07, 6.45) is 0. The number of fused-ring (bicyclic) bond motifs is 11. The van der Waals surface area contributed by atoms with E-state index >= 15 is 0 Å². The number of thiophene rings is 2. The van der Waals surface area contributed by atoms with Crippen LogP contribution in [0.4, 0.5) is 0 Å². The summed E-state index contributed by atoms with van der Waals surface area (Å²) in [5, 5.41) is 9.15. The van der Waals surface area contributed by atoms with Crippen molar-refractivity contribution in [3.8, 4) is 33.6 Å². The average Bonchev–Trinajstić information content (AvgIpc) is 3.97. The standard InChI is InChI=1S/C50H30N2S2/c1-3-11-35(12-4-1)51-43-17-9-7-15-37(43)39-27-31(19-23-45(39)51)33-21-25-47-41(29-33)49-42-30-34(22-26-48(42)54-50(49)53-47)32-20-24-46-40(28-32)38-16-8-10-18-44(38)52(46)36-13-5-2-6-14-36/h1-30H. The molecule has 0 N–H and O–H groups in total. The van der Waals surface area contributed by atoms with Gasteiger partial charge in [-0.1, -0.05) is 97.1 Å². The predicted molar refractivity (Wildman–Crippen MR) is 234 cm³/mol. The molecular weight excluding hydrogens is 693 g/mol. The summed E-state index contributed by atoms with van der Waals surface area (Å²) in [4.78, 5) is 0. The second kappa shape index (κ2) is 11.5. The Labute approximate surface area is 319 Å². The Morgan fingerprint density at radius 3 is 1.13 bits per heavy atom. The third-order valence-corrected chi connectivity index (χ3v) is 13.6. The van der Waals surface area contributed by atoms with Crippen molar-refractivity contribution in [1.29, 1.82) is 0 Å². The number of benzene rings is 8. The quantitative estimate of drug-likeness (QED) is 0.171. The smallest absolute Gasteiger partial charge is 0.0890 e. The Hall–Kier alpha value is -6.46. The Morgan fingerprint density at radius 2 is 0.667 bits per heavy atom. The lowest BCUT2D eigenvalue weighted by molar-refractivity contribution is 1.18. The molecule has 54 heavy (non-hydrogen) atoms. The molecular formula is C50H30N2S2. The first-order valence-corrected chi connectivity index (χ1v) is 20.0. The lowest BCUT2D eigenvalue weighted by Crippen LogP contribution is -1.92. The number of hydrogen-bond donors (Lipinski definition) is 0. The molecule has 0 fully saturated rings. The van der Waals surface area contributed by atoms with E-state index in [9.17, 15) is 0 Å². The summed E-state index contributed by atoms with van der Waals surface area (Å²) in [6, 6.07) is 66.9. The zero-order valence-electron chi connectivity index (χ0n) is 29.0. The zero-order chi connectivity index (χ0) is 35.3. The fourth-order valence-electron chi connectivity index (χ4n) is 8.69. The number of aromatic nitrogens is 2. The van der Waals surface area contributed by atoms with Gasteiger partial charge in [0.15, 0.2) is 0 Å². The van der Waals surface area contributed by atoms with Crippen LogP contribution in [-0.2, 0) is 0 Å². The summed E-state index contributed by atoms with van der Waals surface area (Å²) >= 11 is 3.83. The molecule has 4 heteroatoms. The molecule has 0 spiro atoms. The van der Waals surface area contributed by atoms with Gasteiger partial charge in [0.25, 0.3) is 0 Å². The van der Waals surface area contributed by atoms with Gasteiger partial charge in [0, 0.05) is 58.5 Å². The molecule has 0 saturated heterocycles. The van der Waals surface area contributed by atoms with Crippen molar-refractivity contribution in [2.75, 3.05) is 0 Å². The minimum atomic E-state index is 1.18. The molecule has 252 valence electrons. The summed E-state index contributed by atoms with van der Waals surface area (Å²) < 4.78 is 8.83. The first-order chi connectivity index (χ1) is 26.8. The van der Waals surface area contributed by atoms with E-state index in [0.717, 1.165) is 0 Å². The van der Waals surface area contributed by atoms with Crippen LogP contribution < -0.4 is 0 Å². The molecule has 0 aliphatic rings. The molecule has 4 aromatic heterocycles. The van der Waals surface area contributed by atoms with Crippen molar-refractivity contribution >= 4 is 95.9 Å². The van der Waals surface area contributed by atoms with E-state index < -0.39 is 0 Å². The highest BCUT2D eigenvalue weighted by Gasteiger charge is 2.18. The van der Waals surface area contributed by atoms with Gasteiger partial charge in [0.05, 0.1) is 26.1 Å². The van der Waals surface area contributed by atoms with Crippen molar-refractivity contribution in [3.05, 3.63) is 182 Å². The maximum Gasteiger partial charge on any atom is 0.0890 e. The van der Waals surface area contributed by atoms with Crippen LogP contribution in [-0.4, -0.2) is 9.13 Å². The average molecular weight is 723 g/mol. The molecule has 12 aromatic rings. The Morgan fingerprint density at radius 1 is 0.296 bits per heavy atom. The predicted octanol–water partition coefficient (Wildman–Crippen LogP) is 14.8. The van der Waals surface area contributed by atoms with Crippen molar-refractivity contribution in [1.82, 2.24) is 9.13 Å². The van der Waals surface area contributed by atoms with Gasteiger partial charge in [0.1, 0.15) is 0 Å². The second-order valence-electron chi connectivity index (χ2n) is 14.1. The van der Waals surface area contributed by atoms with Crippen molar-refractivity contribution < 1.29 is 0 Å². The summed E-state index contributed by atoms with van der Waals surface area (Å²) in [5.74, 6) is 0. The molecule has 4 heterocycles. The molecule has 2 nitrogen and oxygen atoms in total. The monoisotopic (exact) mass is 722 g/mol. The van der Waals surface area contributed by atoms with E-state index in [4.69, 9.17) is 0 Å². The first-order valence-electron chi connectivity index (χ1n) is 18.3. The van der Waals surface area contributed by atoms with Gasteiger partial charge < -0.3 is 9.13 Å². The third kappa shape index (κ3) is 4.38. The molecule has 0 radical (unpaired) electrons. The maximum absolute atomic E-state index is 2.43. The second-order valence-corrected chi connectivity index (χ2v) is 16.5. The lowest BCUT2D eigenvalue weighted by Gasteiger charge is -2.08. The highest BCUT2D eigenvalue weighted by molar-refractivity contribution is 7.44. The van der Waals surface area contributed by atoms with Crippen molar-refractivity contribution in [3.63, 3.8) is 0 Å². The SMILES string of the molecule is c1ccc(-n2c3ccccc3c3cc(-c4ccc5sc6sc7ccc(-c8ccc9c(c8)c8ccccc8n9-c8ccccc8)cc7c6c5c4)ccc32)cc1. The van der Waals surface area contributed by atoms with Gasteiger partial charge in [-0.05, 0) is 107 Å². The van der Waals surface area contributed by atoms with Gasteiger partial charge in [-0.15, -0.1) is 22.7 Å². The molecule has 0 bridgehead atoms. The number of rotatable bonds is 4. The minimum Gasteiger partial charge on any atom is -0.309 e. The summed E-state index contributed by atoms with van der Waals surface area (Å²) in [5.41, 5.74) is 12.2. The van der Waals surface area contributed by atoms with Gasteiger partial charge in [-0.3, -0.25) is 0 Å². The van der Waals surface area contributed by atoms with Crippen LogP contribution in [0.3, 0.4) is 0 Å². The zero-order valence-corrected chi connectivity index (χ0v) is 30.7. The van der Waals surface area contributed by atoms with Crippen LogP contribution in [0.25, 0.3) is 107 Å². The normalized spacial score (nSPS) is 12.1. The van der Waals surface area contributed by atoms with E-state index in [2.05, 4.69) is 191 Å². The minimum absolute atomic E-state index is 1.18. The topological polar surface area (TPSA) is 9.86 Å². The lowest BCUT2D eigenvalue weighted by atomic mass is 9.99. The molecule has 0 amide bonds. The van der Waals surface area contributed by atoms with E-state index in [1.54, 1.807) is 0 Å². The molecule has 0 saturated carbocycles. The molecule has 12 rings (SSSR count). The third-order valence-electron chi connectivity index (χ3n) is 11.1. The van der Waals surface area contributed by atoms with Crippen LogP contribution in [0, 0.1) is 0 Å². The van der Waals surface area contributed by atoms with E-state index in [1.807, 2.05) is 22.7 Å². The number of para-hydroxylation sites is 4. The van der Waals surface area contributed by atoms with E-state index in [1.165, 1.54) is 107 Å². The molecule has 0 unspecified atom stereocenters. The van der Waals surface area contributed by atoms with Crippen LogP contribution in [0.15, 0.2) is 182 Å². The van der Waals surface area contributed by atoms with Crippen LogP contribution in [0.1, 0.15) is 0 Å². The maximum atomic E-state index is 2.43. The fraction of sp³-hybridized carbons (Fsp3) is 0. The van der Waals surface area contributed by atoms with Gasteiger partial charge >= 0.3 is 0 Å². The van der Waals surface area contributed by atoms with E-state index in [0.29, 0.717) is 0 Å². The first kappa shape index (κ1) is 30.0. The van der Waals surface area contributed by atoms with Gasteiger partial charge in [0.2, 0.25) is 0 Å². The highest BCUT2D eigenvalue weighted by atomic mass is 32.2. The summed E-state index contributed by atoms with van der Waals surface area (Å²) in [6.45, 7) is 0. The Balaban J connectivity index is 1.00. The van der Waals surface area contributed by atoms with Gasteiger partial charge in [-0.25, -0.2) is 0 Å². The molecule has 8 aromatic carbocycles. The van der Waals surface area contributed by atoms with Crippen LogP contribution in [0.5, 0.6) is 0 Å². The van der Waals surface area contributed by atoms with Crippen LogP contribution >= 0.6 is 22.7 Å². The Bertz CT molecular complexity index is 3210. The molecule has 0 atom stereocenters. The van der Waals surface area contributed by atoms with Crippen molar-refractivity contribution in [2.45, 2.75) is 0 Å². The molecule has 0 aliphatic heterocycles. The fourth-order valence-corrected chi connectivity index (χ4v) is 11.3. The largest absolute Gasteiger partial charge is 0.309 e. The Kier molecular flexibility index (Phi) is 6.41. The number of nitrogens with zero attached hydrogens (tertiary/aromatic N) is 2.